The zero-order valence-corrected chi connectivity index (χ0v) is 15.2. The van der Waals surface area contributed by atoms with E-state index in [2.05, 4.69) is 0 Å². The van der Waals surface area contributed by atoms with E-state index in [4.69, 9.17) is 0 Å². The molecule has 1 unspecified atom stereocenters. The zero-order valence-electron chi connectivity index (χ0n) is 12.8. The second-order valence-corrected chi connectivity index (χ2v) is 8.98. The average molecular weight is 355 g/mol. The van der Waals surface area contributed by atoms with Gasteiger partial charge in [-0.2, -0.15) is 0 Å². The summed E-state index contributed by atoms with van der Waals surface area (Å²) in [7, 11) is 4.83. The summed E-state index contributed by atoms with van der Waals surface area (Å²) in [5.41, 5.74) is 2.05. The Morgan fingerprint density at radius 2 is 2.27 bits per heavy atom. The summed E-state index contributed by atoms with van der Waals surface area (Å²) in [6.07, 6.45) is 0.604. The number of carbonyl (C=O) groups excluding carboxylic acids is 2. The monoisotopic (exact) mass is 354 g/mol. The molecule has 1 atom stereocenters. The van der Waals surface area contributed by atoms with Crippen LogP contribution in [0.5, 0.6) is 0 Å². The highest BCUT2D eigenvalue weighted by molar-refractivity contribution is 8.77. The molecule has 118 valence electrons. The van der Waals surface area contributed by atoms with Gasteiger partial charge in [-0.15, -0.1) is 11.3 Å². The molecule has 3 heterocycles. The van der Waals surface area contributed by atoms with Gasteiger partial charge in [0.1, 0.15) is 0 Å². The summed E-state index contributed by atoms with van der Waals surface area (Å²) in [5.74, 6) is 0.464. The normalized spacial score (nSPS) is 24.7. The maximum atomic E-state index is 13.0. The van der Waals surface area contributed by atoms with E-state index in [-0.39, 0.29) is 11.8 Å². The average Bonchev–Trinajstić information content (AvgIpc) is 3.11. The van der Waals surface area contributed by atoms with E-state index in [1.54, 1.807) is 28.2 Å². The minimum atomic E-state index is -0.811. The van der Waals surface area contributed by atoms with Crippen LogP contribution in [0.1, 0.15) is 25.1 Å². The van der Waals surface area contributed by atoms with Crippen molar-refractivity contribution in [2.45, 2.75) is 25.1 Å². The number of amides is 2. The summed E-state index contributed by atoms with van der Waals surface area (Å²) in [6.45, 7) is 4.63. The zero-order chi connectivity index (χ0) is 15.9. The summed E-state index contributed by atoms with van der Waals surface area (Å²) in [4.78, 5) is 29.4. The van der Waals surface area contributed by atoms with Gasteiger partial charge in [0.2, 0.25) is 5.91 Å². The Morgan fingerprint density at radius 3 is 2.91 bits per heavy atom. The maximum absolute atomic E-state index is 13.0. The van der Waals surface area contributed by atoms with Gasteiger partial charge in [-0.05, 0) is 30.9 Å². The summed E-state index contributed by atoms with van der Waals surface area (Å²) >= 11 is 1.61. The molecule has 0 aromatic carbocycles. The molecular formula is C15H18N2O2S3. The van der Waals surface area contributed by atoms with Gasteiger partial charge in [0.05, 0.1) is 16.3 Å². The van der Waals surface area contributed by atoms with E-state index in [1.165, 1.54) is 21.6 Å². The molecule has 0 aliphatic carbocycles. The molecule has 0 N–H and O–H groups in total. The van der Waals surface area contributed by atoms with E-state index in [0.717, 1.165) is 16.1 Å². The van der Waals surface area contributed by atoms with Crippen LogP contribution in [0.2, 0.25) is 0 Å². The van der Waals surface area contributed by atoms with Crippen LogP contribution in [0, 0.1) is 0 Å². The predicted octanol–water partition coefficient (Wildman–Crippen LogP) is 3.28. The van der Waals surface area contributed by atoms with Gasteiger partial charge < -0.3 is 4.90 Å². The number of carbonyl (C=O) groups is 2. The van der Waals surface area contributed by atoms with E-state index in [1.807, 2.05) is 31.4 Å². The molecule has 0 spiro atoms. The first-order chi connectivity index (χ1) is 10.5. The summed E-state index contributed by atoms with van der Waals surface area (Å²) < 4.78 is 0. The third-order valence-corrected chi connectivity index (χ3v) is 7.70. The maximum Gasteiger partial charge on any atom is 0.260 e. The van der Waals surface area contributed by atoms with Crippen LogP contribution >= 0.6 is 32.9 Å². The highest BCUT2D eigenvalue weighted by Gasteiger charge is 2.56. The molecule has 2 amide bonds. The number of thiophene rings is 1. The number of nitrogens with zero attached hydrogens (tertiary/aromatic N) is 2. The first kappa shape index (κ1) is 16.0. The lowest BCUT2D eigenvalue weighted by Gasteiger charge is -2.42. The smallest absolute Gasteiger partial charge is 0.260 e. The SMILES string of the molecule is CCN(C)C(=O)C12CC(C)=C(c3cccs3)N1C(=O)CSS2. The molecule has 7 heteroatoms. The van der Waals surface area contributed by atoms with Crippen LogP contribution in [0.25, 0.3) is 5.70 Å². The van der Waals surface area contributed by atoms with E-state index in [0.29, 0.717) is 18.7 Å². The topological polar surface area (TPSA) is 40.6 Å². The third-order valence-electron chi connectivity index (χ3n) is 4.03. The Morgan fingerprint density at radius 1 is 1.50 bits per heavy atom. The Kier molecular flexibility index (Phi) is 4.31. The Hall–Kier alpha value is -0.920. The minimum absolute atomic E-state index is 0.0199. The van der Waals surface area contributed by atoms with Gasteiger partial charge in [-0.3, -0.25) is 14.5 Å². The van der Waals surface area contributed by atoms with Gasteiger partial charge in [0.25, 0.3) is 5.91 Å². The Balaban J connectivity index is 2.08. The van der Waals surface area contributed by atoms with Gasteiger partial charge in [0, 0.05) is 20.0 Å². The highest BCUT2D eigenvalue weighted by atomic mass is 33.1. The van der Waals surface area contributed by atoms with Crippen LogP contribution in [0.15, 0.2) is 23.1 Å². The van der Waals surface area contributed by atoms with Crippen LogP contribution in [-0.4, -0.2) is 45.8 Å². The number of hydrogen-bond donors (Lipinski definition) is 0. The van der Waals surface area contributed by atoms with Crippen molar-refractivity contribution in [3.63, 3.8) is 0 Å². The van der Waals surface area contributed by atoms with Crippen molar-refractivity contribution in [1.82, 2.24) is 9.80 Å². The molecule has 0 saturated carbocycles. The molecule has 2 aliphatic rings. The second-order valence-electron chi connectivity index (χ2n) is 5.46. The van der Waals surface area contributed by atoms with Crippen molar-refractivity contribution in [2.75, 3.05) is 19.3 Å². The van der Waals surface area contributed by atoms with Gasteiger partial charge in [-0.25, -0.2) is 0 Å². The number of rotatable bonds is 3. The quantitative estimate of drug-likeness (QED) is 0.781. The lowest BCUT2D eigenvalue weighted by atomic mass is 10.1. The van der Waals surface area contributed by atoms with Crippen molar-refractivity contribution in [2.24, 2.45) is 0 Å². The van der Waals surface area contributed by atoms with E-state index >= 15 is 0 Å². The number of hydrogen-bond acceptors (Lipinski definition) is 5. The first-order valence-corrected chi connectivity index (χ1v) is 10.3. The summed E-state index contributed by atoms with van der Waals surface area (Å²) in [5, 5.41) is 2.01. The van der Waals surface area contributed by atoms with Crippen LogP contribution in [-0.2, 0) is 9.59 Å². The van der Waals surface area contributed by atoms with Crippen molar-refractivity contribution < 1.29 is 9.59 Å². The molecule has 1 aromatic heterocycles. The highest BCUT2D eigenvalue weighted by Crippen LogP contribution is 2.56. The molecule has 0 radical (unpaired) electrons. The molecule has 1 aromatic rings. The summed E-state index contributed by atoms with van der Waals surface area (Å²) in [6, 6.07) is 4.00. The predicted molar refractivity (Wildman–Crippen MR) is 94.5 cm³/mol. The van der Waals surface area contributed by atoms with Gasteiger partial charge in [0.15, 0.2) is 4.87 Å². The van der Waals surface area contributed by atoms with Crippen molar-refractivity contribution in [1.29, 1.82) is 0 Å². The fraction of sp³-hybridized carbons (Fsp3) is 0.467. The third kappa shape index (κ3) is 2.30. The minimum Gasteiger partial charge on any atom is -0.343 e. The standard InChI is InChI=1S/C15H18N2O2S3/c1-4-16(3)14(19)15-8-10(2)13(11-6-5-7-20-11)17(15)12(18)9-21-22-15/h5-7H,4,8-9H2,1-3H3. The fourth-order valence-electron chi connectivity index (χ4n) is 2.91. The lowest BCUT2D eigenvalue weighted by molar-refractivity contribution is -0.141. The van der Waals surface area contributed by atoms with Gasteiger partial charge >= 0.3 is 0 Å². The van der Waals surface area contributed by atoms with E-state index < -0.39 is 4.87 Å². The van der Waals surface area contributed by atoms with Crippen LogP contribution in [0.4, 0.5) is 0 Å². The lowest BCUT2D eigenvalue weighted by Crippen LogP contribution is -2.57. The van der Waals surface area contributed by atoms with Gasteiger partial charge in [-0.1, -0.05) is 27.7 Å². The second kappa shape index (κ2) is 5.94. The molecular weight excluding hydrogens is 336 g/mol. The molecule has 0 bridgehead atoms. The molecule has 1 fully saturated rings. The molecule has 22 heavy (non-hydrogen) atoms. The fourth-order valence-corrected chi connectivity index (χ4v) is 6.68. The Bertz CT molecular complexity index is 641. The molecule has 2 aliphatic heterocycles. The van der Waals surface area contributed by atoms with Crippen molar-refractivity contribution in [3.8, 4) is 0 Å². The van der Waals surface area contributed by atoms with Crippen molar-refractivity contribution in [3.05, 3.63) is 28.0 Å². The largest absolute Gasteiger partial charge is 0.343 e. The number of likely N-dealkylation sites (N-methyl/N-ethyl adjacent to an activating group) is 1. The van der Waals surface area contributed by atoms with E-state index in [9.17, 15) is 9.59 Å². The molecule has 1 saturated heterocycles. The number of fused-ring (bicyclic) bond motifs is 1. The van der Waals surface area contributed by atoms with Crippen LogP contribution in [0.3, 0.4) is 0 Å². The first-order valence-electron chi connectivity index (χ1n) is 7.14. The molecule has 3 rings (SSSR count). The Labute approximate surface area is 142 Å². The molecule has 4 nitrogen and oxygen atoms in total. The van der Waals surface area contributed by atoms with Crippen LogP contribution < -0.4 is 0 Å². The van der Waals surface area contributed by atoms with Crippen molar-refractivity contribution >= 4 is 50.4 Å².